The fourth-order valence-electron chi connectivity index (χ4n) is 2.05. The quantitative estimate of drug-likeness (QED) is 0.655. The zero-order valence-corrected chi connectivity index (χ0v) is 13.1. The summed E-state index contributed by atoms with van der Waals surface area (Å²) in [5.41, 5.74) is 0.970. The minimum atomic E-state index is -0.461. The Kier molecular flexibility index (Phi) is 4.56. The number of nitro groups is 1. The van der Waals surface area contributed by atoms with Gasteiger partial charge in [-0.05, 0) is 37.6 Å². The van der Waals surface area contributed by atoms with Gasteiger partial charge in [-0.15, -0.1) is 0 Å². The van der Waals surface area contributed by atoms with Crippen LogP contribution in [0.5, 0.6) is 0 Å². The molecule has 0 bridgehead atoms. The van der Waals surface area contributed by atoms with Gasteiger partial charge in [0.15, 0.2) is 0 Å². The van der Waals surface area contributed by atoms with Crippen LogP contribution in [-0.2, 0) is 13.1 Å². The minimum Gasteiger partial charge on any atom is -0.360 e. The zero-order chi connectivity index (χ0) is 15.6. The van der Waals surface area contributed by atoms with Gasteiger partial charge in [0.2, 0.25) is 5.82 Å². The molecule has 0 unspecified atom stereocenters. The lowest BCUT2D eigenvalue weighted by atomic mass is 10.2. The topological polar surface area (TPSA) is 73.0 Å². The molecule has 0 radical (unpaired) electrons. The summed E-state index contributed by atoms with van der Waals surface area (Å²) in [6, 6.07) is 4.32. The van der Waals surface area contributed by atoms with E-state index in [4.69, 9.17) is 0 Å². The number of hydrogen-bond acceptors (Lipinski definition) is 4. The second-order valence-corrected chi connectivity index (χ2v) is 5.30. The van der Waals surface area contributed by atoms with Crippen molar-refractivity contribution >= 4 is 27.4 Å². The van der Waals surface area contributed by atoms with Crippen molar-refractivity contribution in [2.45, 2.75) is 26.9 Å². The number of anilines is 1. The van der Waals surface area contributed by atoms with E-state index in [1.54, 1.807) is 13.0 Å². The van der Waals surface area contributed by atoms with E-state index < -0.39 is 4.92 Å². The van der Waals surface area contributed by atoms with Gasteiger partial charge < -0.3 is 5.32 Å². The van der Waals surface area contributed by atoms with E-state index in [0.717, 1.165) is 4.47 Å². The van der Waals surface area contributed by atoms with Gasteiger partial charge in [-0.1, -0.05) is 15.9 Å². The highest BCUT2D eigenvalue weighted by molar-refractivity contribution is 9.10. The van der Waals surface area contributed by atoms with Crippen LogP contribution in [0.1, 0.15) is 18.2 Å². The van der Waals surface area contributed by atoms with Crippen LogP contribution in [-0.4, -0.2) is 14.7 Å². The van der Waals surface area contributed by atoms with Gasteiger partial charge in [0.1, 0.15) is 11.5 Å². The van der Waals surface area contributed by atoms with E-state index in [0.29, 0.717) is 23.6 Å². The molecule has 1 heterocycles. The highest BCUT2D eigenvalue weighted by Gasteiger charge is 2.24. The second-order valence-electron chi connectivity index (χ2n) is 4.44. The first-order chi connectivity index (χ1) is 9.93. The molecule has 0 aliphatic heterocycles. The summed E-state index contributed by atoms with van der Waals surface area (Å²) in [6.45, 7) is 4.19. The van der Waals surface area contributed by atoms with E-state index in [1.165, 1.54) is 16.8 Å². The first kappa shape index (κ1) is 15.4. The molecule has 0 atom stereocenters. The average Bonchev–Trinajstić information content (AvgIpc) is 2.75. The summed E-state index contributed by atoms with van der Waals surface area (Å²) in [5, 5.41) is 18.3. The highest BCUT2D eigenvalue weighted by atomic mass is 79.9. The maximum absolute atomic E-state index is 13.3. The molecule has 0 spiro atoms. The van der Waals surface area contributed by atoms with Gasteiger partial charge in [-0.3, -0.25) is 10.1 Å². The molecule has 21 heavy (non-hydrogen) atoms. The predicted molar refractivity (Wildman–Crippen MR) is 80.7 cm³/mol. The molecule has 0 saturated carbocycles. The van der Waals surface area contributed by atoms with Crippen molar-refractivity contribution in [2.24, 2.45) is 0 Å². The lowest BCUT2D eigenvalue weighted by molar-refractivity contribution is -0.384. The standard InChI is InChI=1S/C13H14BrFN4O2/c1-3-18-13(12(19(20)21)8(2)17-18)16-7-9-6-10(15)4-5-11(9)14/h4-6,16H,3,7H2,1-2H3. The Balaban J connectivity index is 2.31. The molecule has 0 fully saturated rings. The Bertz CT molecular complexity index is 687. The highest BCUT2D eigenvalue weighted by Crippen LogP contribution is 2.29. The number of benzene rings is 1. The Morgan fingerprint density at radius 1 is 1.52 bits per heavy atom. The van der Waals surface area contributed by atoms with Crippen LogP contribution in [0.3, 0.4) is 0 Å². The molecule has 0 amide bonds. The third-order valence-corrected chi connectivity index (χ3v) is 3.81. The molecule has 0 aliphatic rings. The Morgan fingerprint density at radius 2 is 2.24 bits per heavy atom. The smallest absolute Gasteiger partial charge is 0.333 e. The van der Waals surface area contributed by atoms with Gasteiger partial charge in [-0.25, -0.2) is 9.07 Å². The van der Waals surface area contributed by atoms with E-state index in [9.17, 15) is 14.5 Å². The van der Waals surface area contributed by atoms with Gasteiger partial charge >= 0.3 is 5.69 Å². The molecular weight excluding hydrogens is 343 g/mol. The summed E-state index contributed by atoms with van der Waals surface area (Å²) >= 11 is 3.33. The SMILES string of the molecule is CCn1nc(C)c([N+](=O)[O-])c1NCc1cc(F)ccc1Br. The molecule has 1 aromatic heterocycles. The fourth-order valence-corrected chi connectivity index (χ4v) is 2.44. The maximum atomic E-state index is 13.3. The second kappa shape index (κ2) is 6.21. The maximum Gasteiger partial charge on any atom is 0.333 e. The van der Waals surface area contributed by atoms with Crippen LogP contribution in [0.4, 0.5) is 15.9 Å². The van der Waals surface area contributed by atoms with Gasteiger partial charge in [0.25, 0.3) is 0 Å². The molecule has 0 saturated heterocycles. The summed E-state index contributed by atoms with van der Waals surface area (Å²) < 4.78 is 15.5. The van der Waals surface area contributed by atoms with E-state index in [-0.39, 0.29) is 18.0 Å². The number of aryl methyl sites for hydroxylation is 2. The van der Waals surface area contributed by atoms with Crippen LogP contribution in [0.2, 0.25) is 0 Å². The van der Waals surface area contributed by atoms with Crippen molar-refractivity contribution in [1.29, 1.82) is 0 Å². The molecule has 0 aliphatic carbocycles. The number of halogens is 2. The Labute approximate surface area is 129 Å². The van der Waals surface area contributed by atoms with Crippen LogP contribution in [0, 0.1) is 22.9 Å². The zero-order valence-electron chi connectivity index (χ0n) is 11.6. The number of rotatable bonds is 5. The number of aromatic nitrogens is 2. The van der Waals surface area contributed by atoms with E-state index in [2.05, 4.69) is 26.3 Å². The molecule has 6 nitrogen and oxygen atoms in total. The van der Waals surface area contributed by atoms with Gasteiger partial charge in [-0.2, -0.15) is 5.10 Å². The monoisotopic (exact) mass is 356 g/mol. The first-order valence-corrected chi connectivity index (χ1v) is 7.13. The Morgan fingerprint density at radius 3 is 2.86 bits per heavy atom. The fraction of sp³-hybridized carbons (Fsp3) is 0.308. The molecular formula is C13H14BrFN4O2. The van der Waals surface area contributed by atoms with E-state index in [1.807, 2.05) is 6.92 Å². The molecule has 1 N–H and O–H groups in total. The van der Waals surface area contributed by atoms with Crippen molar-refractivity contribution < 1.29 is 9.31 Å². The number of nitrogens with one attached hydrogen (secondary N) is 1. The summed E-state index contributed by atoms with van der Waals surface area (Å²) in [7, 11) is 0. The summed E-state index contributed by atoms with van der Waals surface area (Å²) in [4.78, 5) is 10.7. The van der Waals surface area contributed by atoms with Crippen molar-refractivity contribution in [3.63, 3.8) is 0 Å². The molecule has 2 rings (SSSR count). The largest absolute Gasteiger partial charge is 0.360 e. The third-order valence-electron chi connectivity index (χ3n) is 3.03. The van der Waals surface area contributed by atoms with Gasteiger partial charge in [0.05, 0.1) is 4.92 Å². The first-order valence-electron chi connectivity index (χ1n) is 6.33. The van der Waals surface area contributed by atoms with Crippen molar-refractivity contribution in [2.75, 3.05) is 5.32 Å². The van der Waals surface area contributed by atoms with Crippen molar-refractivity contribution in [1.82, 2.24) is 9.78 Å². The van der Waals surface area contributed by atoms with Crippen LogP contribution in [0.25, 0.3) is 0 Å². The summed E-state index contributed by atoms with van der Waals surface area (Å²) in [6.07, 6.45) is 0. The predicted octanol–water partition coefficient (Wildman–Crippen LogP) is 3.63. The number of nitrogens with zero attached hydrogens (tertiary/aromatic N) is 3. The van der Waals surface area contributed by atoms with Gasteiger partial charge in [0, 0.05) is 17.6 Å². The molecule has 8 heteroatoms. The number of hydrogen-bond donors (Lipinski definition) is 1. The van der Waals surface area contributed by atoms with Crippen LogP contribution < -0.4 is 5.32 Å². The average molecular weight is 357 g/mol. The van der Waals surface area contributed by atoms with Crippen LogP contribution in [0.15, 0.2) is 22.7 Å². The lowest BCUT2D eigenvalue weighted by Crippen LogP contribution is -2.08. The Hall–Kier alpha value is -1.96. The van der Waals surface area contributed by atoms with Crippen LogP contribution >= 0.6 is 15.9 Å². The third kappa shape index (κ3) is 3.21. The lowest BCUT2D eigenvalue weighted by Gasteiger charge is -2.09. The van der Waals surface area contributed by atoms with Crippen molar-refractivity contribution in [3.05, 3.63) is 49.9 Å². The molecule has 2 aromatic rings. The molecule has 112 valence electrons. The normalized spacial score (nSPS) is 10.7. The van der Waals surface area contributed by atoms with E-state index >= 15 is 0 Å². The molecule has 1 aromatic carbocycles. The van der Waals surface area contributed by atoms with Crippen molar-refractivity contribution in [3.8, 4) is 0 Å². The minimum absolute atomic E-state index is 0.0515. The summed E-state index contributed by atoms with van der Waals surface area (Å²) in [5.74, 6) is -0.0270.